The molecule has 1 aromatic rings. The van der Waals surface area contributed by atoms with Crippen molar-refractivity contribution < 1.29 is 4.79 Å². The summed E-state index contributed by atoms with van der Waals surface area (Å²) in [6.07, 6.45) is 2.48. The number of piperidine rings is 1. The summed E-state index contributed by atoms with van der Waals surface area (Å²) in [7, 11) is 0. The smallest absolute Gasteiger partial charge is 0.237 e. The number of carbonyl (C=O) groups is 1. The molecule has 3 nitrogen and oxygen atoms in total. The van der Waals surface area contributed by atoms with E-state index in [1.807, 2.05) is 32.0 Å². The molecular formula is C17H26N2O. The van der Waals surface area contributed by atoms with Crippen LogP contribution >= 0.6 is 0 Å². The molecule has 3 atom stereocenters. The Balaban J connectivity index is 1.90. The zero-order chi connectivity index (χ0) is 14.5. The van der Waals surface area contributed by atoms with Gasteiger partial charge >= 0.3 is 0 Å². The molecule has 1 aliphatic heterocycles. The van der Waals surface area contributed by atoms with Crippen molar-refractivity contribution in [3.8, 4) is 0 Å². The van der Waals surface area contributed by atoms with E-state index in [2.05, 4.69) is 29.3 Å². The third kappa shape index (κ3) is 3.83. The van der Waals surface area contributed by atoms with Crippen molar-refractivity contribution in [2.24, 2.45) is 5.92 Å². The van der Waals surface area contributed by atoms with Crippen LogP contribution < -0.4 is 5.32 Å². The van der Waals surface area contributed by atoms with Gasteiger partial charge in [0.05, 0.1) is 12.1 Å². The van der Waals surface area contributed by atoms with Gasteiger partial charge in [0.2, 0.25) is 5.91 Å². The highest BCUT2D eigenvalue weighted by Crippen LogP contribution is 2.18. The van der Waals surface area contributed by atoms with E-state index in [4.69, 9.17) is 0 Å². The van der Waals surface area contributed by atoms with Crippen molar-refractivity contribution in [3.63, 3.8) is 0 Å². The molecule has 0 radical (unpaired) electrons. The quantitative estimate of drug-likeness (QED) is 0.915. The summed E-state index contributed by atoms with van der Waals surface area (Å²) in [4.78, 5) is 14.7. The monoisotopic (exact) mass is 274 g/mol. The minimum Gasteiger partial charge on any atom is -0.348 e. The number of rotatable bonds is 4. The molecule has 110 valence electrons. The average Bonchev–Trinajstić information content (AvgIpc) is 2.47. The first-order valence-corrected chi connectivity index (χ1v) is 7.67. The van der Waals surface area contributed by atoms with E-state index < -0.39 is 0 Å². The van der Waals surface area contributed by atoms with Crippen LogP contribution in [-0.4, -0.2) is 29.9 Å². The second-order valence-corrected chi connectivity index (χ2v) is 6.06. The van der Waals surface area contributed by atoms with Crippen LogP contribution in [0.15, 0.2) is 30.3 Å². The van der Waals surface area contributed by atoms with Crippen LogP contribution in [0.5, 0.6) is 0 Å². The van der Waals surface area contributed by atoms with Gasteiger partial charge in [0.1, 0.15) is 0 Å². The summed E-state index contributed by atoms with van der Waals surface area (Å²) in [5.74, 6) is 0.834. The third-order valence-corrected chi connectivity index (χ3v) is 4.27. The normalized spacial score (nSPS) is 23.1. The number of hydrogen-bond donors (Lipinski definition) is 1. The van der Waals surface area contributed by atoms with Crippen LogP contribution in [-0.2, 0) is 4.79 Å². The molecule has 2 rings (SSSR count). The zero-order valence-corrected chi connectivity index (χ0v) is 12.8. The van der Waals surface area contributed by atoms with E-state index in [-0.39, 0.29) is 18.0 Å². The Morgan fingerprint density at radius 1 is 1.30 bits per heavy atom. The molecule has 1 N–H and O–H groups in total. The Kier molecular flexibility index (Phi) is 5.18. The van der Waals surface area contributed by atoms with Gasteiger partial charge in [-0.25, -0.2) is 0 Å². The number of nitrogens with one attached hydrogen (secondary N) is 1. The third-order valence-electron chi connectivity index (χ3n) is 4.27. The highest BCUT2D eigenvalue weighted by molar-refractivity contribution is 5.81. The maximum atomic E-state index is 12.4. The van der Waals surface area contributed by atoms with Gasteiger partial charge in [0, 0.05) is 6.54 Å². The van der Waals surface area contributed by atoms with Crippen LogP contribution in [0.1, 0.15) is 45.2 Å². The molecule has 0 bridgehead atoms. The molecule has 1 aromatic carbocycles. The summed E-state index contributed by atoms with van der Waals surface area (Å²) in [5.41, 5.74) is 1.15. The molecule has 1 amide bonds. The molecule has 0 aliphatic carbocycles. The van der Waals surface area contributed by atoms with Gasteiger partial charge < -0.3 is 5.32 Å². The maximum Gasteiger partial charge on any atom is 0.237 e. The topological polar surface area (TPSA) is 32.3 Å². The first kappa shape index (κ1) is 15.0. The lowest BCUT2D eigenvalue weighted by molar-refractivity contribution is -0.127. The number of benzene rings is 1. The molecule has 3 heteroatoms. The van der Waals surface area contributed by atoms with Gasteiger partial charge in [0.15, 0.2) is 0 Å². The number of nitrogens with zero attached hydrogens (tertiary/aromatic N) is 1. The number of hydrogen-bond acceptors (Lipinski definition) is 2. The Morgan fingerprint density at radius 2 is 2.00 bits per heavy atom. The molecular weight excluding hydrogens is 248 g/mol. The summed E-state index contributed by atoms with van der Waals surface area (Å²) < 4.78 is 0. The summed E-state index contributed by atoms with van der Waals surface area (Å²) in [6.45, 7) is 8.40. The molecule has 20 heavy (non-hydrogen) atoms. The van der Waals surface area contributed by atoms with Crippen LogP contribution in [0.2, 0.25) is 0 Å². The number of carbonyl (C=O) groups excluding carboxylic acids is 1. The molecule has 3 unspecified atom stereocenters. The molecule has 0 aromatic heterocycles. The molecule has 0 spiro atoms. The second kappa shape index (κ2) is 6.89. The zero-order valence-electron chi connectivity index (χ0n) is 12.8. The number of likely N-dealkylation sites (tertiary alicyclic amines) is 1. The Hall–Kier alpha value is -1.35. The lowest BCUT2D eigenvalue weighted by Crippen LogP contribution is -2.49. The molecule has 1 fully saturated rings. The minimum absolute atomic E-state index is 0.0380. The van der Waals surface area contributed by atoms with Crippen LogP contribution in [0.3, 0.4) is 0 Å². The fourth-order valence-corrected chi connectivity index (χ4v) is 2.90. The van der Waals surface area contributed by atoms with Crippen molar-refractivity contribution in [2.45, 2.75) is 45.7 Å². The van der Waals surface area contributed by atoms with Gasteiger partial charge in [-0.15, -0.1) is 0 Å². The van der Waals surface area contributed by atoms with Crippen LogP contribution in [0.25, 0.3) is 0 Å². The summed E-state index contributed by atoms with van der Waals surface area (Å²) in [6, 6.07) is 10.1. The predicted octanol–water partition coefficient (Wildman–Crippen LogP) is 2.98. The standard InChI is InChI=1S/C17H26N2O/c1-13-8-7-11-19(12-13)15(3)17(20)18-14(2)16-9-5-4-6-10-16/h4-6,9-10,13-15H,7-8,11-12H2,1-3H3,(H,18,20). The van der Waals surface area contributed by atoms with Crippen molar-refractivity contribution in [2.75, 3.05) is 13.1 Å². The van der Waals surface area contributed by atoms with Crippen molar-refractivity contribution in [1.29, 1.82) is 0 Å². The maximum absolute atomic E-state index is 12.4. The average molecular weight is 274 g/mol. The minimum atomic E-state index is -0.0380. The Morgan fingerprint density at radius 3 is 2.65 bits per heavy atom. The van der Waals surface area contributed by atoms with Gasteiger partial charge in [-0.3, -0.25) is 9.69 Å². The van der Waals surface area contributed by atoms with Crippen LogP contribution in [0, 0.1) is 5.92 Å². The first-order valence-electron chi connectivity index (χ1n) is 7.67. The molecule has 1 heterocycles. The highest BCUT2D eigenvalue weighted by atomic mass is 16.2. The number of amides is 1. The van der Waals surface area contributed by atoms with E-state index in [1.54, 1.807) is 0 Å². The van der Waals surface area contributed by atoms with E-state index in [0.29, 0.717) is 5.92 Å². The van der Waals surface area contributed by atoms with E-state index in [9.17, 15) is 4.79 Å². The van der Waals surface area contributed by atoms with Crippen molar-refractivity contribution >= 4 is 5.91 Å². The van der Waals surface area contributed by atoms with Gasteiger partial charge in [-0.2, -0.15) is 0 Å². The SMILES string of the molecule is CC1CCCN(C(C)C(=O)NC(C)c2ccccc2)C1. The van der Waals surface area contributed by atoms with E-state index in [1.165, 1.54) is 12.8 Å². The lowest BCUT2D eigenvalue weighted by Gasteiger charge is -2.35. The molecule has 0 saturated carbocycles. The Labute approximate surface area is 122 Å². The van der Waals surface area contributed by atoms with Crippen molar-refractivity contribution in [3.05, 3.63) is 35.9 Å². The van der Waals surface area contributed by atoms with Crippen molar-refractivity contribution in [1.82, 2.24) is 10.2 Å². The fraction of sp³-hybridized carbons (Fsp3) is 0.588. The fourth-order valence-electron chi connectivity index (χ4n) is 2.90. The van der Waals surface area contributed by atoms with Gasteiger partial charge in [-0.1, -0.05) is 37.3 Å². The lowest BCUT2D eigenvalue weighted by atomic mass is 9.98. The van der Waals surface area contributed by atoms with Gasteiger partial charge in [-0.05, 0) is 44.7 Å². The molecule has 1 saturated heterocycles. The predicted molar refractivity (Wildman–Crippen MR) is 82.4 cm³/mol. The highest BCUT2D eigenvalue weighted by Gasteiger charge is 2.26. The van der Waals surface area contributed by atoms with Gasteiger partial charge in [0.25, 0.3) is 0 Å². The largest absolute Gasteiger partial charge is 0.348 e. The van der Waals surface area contributed by atoms with Crippen LogP contribution in [0.4, 0.5) is 0 Å². The summed E-state index contributed by atoms with van der Waals surface area (Å²) in [5, 5.41) is 3.13. The van der Waals surface area contributed by atoms with E-state index >= 15 is 0 Å². The Bertz CT molecular complexity index is 432. The van der Waals surface area contributed by atoms with E-state index in [0.717, 1.165) is 18.7 Å². The molecule has 1 aliphatic rings. The summed E-state index contributed by atoms with van der Waals surface area (Å²) >= 11 is 0. The second-order valence-electron chi connectivity index (χ2n) is 6.06. The first-order chi connectivity index (χ1) is 9.58.